The molecule has 0 atom stereocenters. The SMILES string of the molecule is CC(=O)Nc1cc(Nc2cc(-c3ccccc3CO)c(=O)[nH]c2C(C)C)ccn1. The molecule has 1 aromatic carbocycles. The molecule has 2 aromatic heterocycles. The summed E-state index contributed by atoms with van der Waals surface area (Å²) in [6.07, 6.45) is 1.59. The quantitative estimate of drug-likeness (QED) is 0.511. The van der Waals surface area contributed by atoms with Crippen LogP contribution in [-0.4, -0.2) is 21.0 Å². The number of amides is 1. The summed E-state index contributed by atoms with van der Waals surface area (Å²) < 4.78 is 0. The number of nitrogens with one attached hydrogen (secondary N) is 3. The van der Waals surface area contributed by atoms with Crippen molar-refractivity contribution in [2.24, 2.45) is 0 Å². The Morgan fingerprint density at radius 2 is 1.93 bits per heavy atom. The van der Waals surface area contributed by atoms with E-state index in [9.17, 15) is 14.7 Å². The van der Waals surface area contributed by atoms with Crippen LogP contribution >= 0.6 is 0 Å². The largest absolute Gasteiger partial charge is 0.392 e. The fourth-order valence-electron chi connectivity index (χ4n) is 3.14. The number of nitrogens with zero attached hydrogens (tertiary/aromatic N) is 1. The van der Waals surface area contributed by atoms with Crippen LogP contribution in [0.4, 0.5) is 17.2 Å². The lowest BCUT2D eigenvalue weighted by Crippen LogP contribution is -2.15. The van der Waals surface area contributed by atoms with Crippen molar-refractivity contribution in [1.29, 1.82) is 0 Å². The van der Waals surface area contributed by atoms with Crippen LogP contribution in [0, 0.1) is 0 Å². The van der Waals surface area contributed by atoms with Gasteiger partial charge in [0.15, 0.2) is 0 Å². The van der Waals surface area contributed by atoms with Crippen LogP contribution in [0.2, 0.25) is 0 Å². The Morgan fingerprint density at radius 1 is 1.17 bits per heavy atom. The number of aliphatic hydroxyl groups is 1. The van der Waals surface area contributed by atoms with Crippen molar-refractivity contribution in [3.63, 3.8) is 0 Å². The maximum atomic E-state index is 12.8. The molecule has 150 valence electrons. The summed E-state index contributed by atoms with van der Waals surface area (Å²) >= 11 is 0. The van der Waals surface area contributed by atoms with Crippen LogP contribution < -0.4 is 16.2 Å². The van der Waals surface area contributed by atoms with Gasteiger partial charge in [-0.05, 0) is 29.2 Å². The molecule has 4 N–H and O–H groups in total. The second kappa shape index (κ2) is 8.70. The topological polar surface area (TPSA) is 107 Å². The van der Waals surface area contributed by atoms with Crippen LogP contribution in [0.1, 0.15) is 37.9 Å². The van der Waals surface area contributed by atoms with Gasteiger partial charge in [-0.25, -0.2) is 4.98 Å². The molecule has 0 saturated heterocycles. The van der Waals surface area contributed by atoms with Crippen molar-refractivity contribution in [2.75, 3.05) is 10.6 Å². The highest BCUT2D eigenvalue weighted by Gasteiger charge is 2.15. The summed E-state index contributed by atoms with van der Waals surface area (Å²) in [6, 6.07) is 12.6. The van der Waals surface area contributed by atoms with Gasteiger partial charge in [-0.3, -0.25) is 9.59 Å². The first-order chi connectivity index (χ1) is 13.9. The number of aromatic amines is 1. The molecule has 0 aliphatic heterocycles. The lowest BCUT2D eigenvalue weighted by molar-refractivity contribution is -0.114. The molecule has 1 amide bonds. The Hall–Kier alpha value is -3.45. The molecule has 0 aliphatic carbocycles. The van der Waals surface area contributed by atoms with E-state index in [0.29, 0.717) is 22.5 Å². The van der Waals surface area contributed by atoms with E-state index in [1.54, 1.807) is 30.5 Å². The number of benzene rings is 1. The highest BCUT2D eigenvalue weighted by Crippen LogP contribution is 2.30. The van der Waals surface area contributed by atoms with Crippen molar-refractivity contribution in [3.8, 4) is 11.1 Å². The Bertz CT molecular complexity index is 1090. The smallest absolute Gasteiger partial charge is 0.256 e. The van der Waals surface area contributed by atoms with Gasteiger partial charge in [-0.15, -0.1) is 0 Å². The summed E-state index contributed by atoms with van der Waals surface area (Å²) in [7, 11) is 0. The predicted molar refractivity (Wildman–Crippen MR) is 114 cm³/mol. The number of rotatable bonds is 6. The molecular formula is C22H24N4O3. The lowest BCUT2D eigenvalue weighted by atomic mass is 9.98. The minimum Gasteiger partial charge on any atom is -0.392 e. The normalized spacial score (nSPS) is 10.8. The fraction of sp³-hybridized carbons (Fsp3) is 0.227. The van der Waals surface area contributed by atoms with Crippen molar-refractivity contribution < 1.29 is 9.90 Å². The first-order valence-corrected chi connectivity index (χ1v) is 9.36. The number of aliphatic hydroxyl groups excluding tert-OH is 1. The molecule has 0 spiro atoms. The van der Waals surface area contributed by atoms with Gasteiger partial charge in [0, 0.05) is 36.1 Å². The summed E-state index contributed by atoms with van der Waals surface area (Å²) in [4.78, 5) is 31.2. The predicted octanol–water partition coefficient (Wildman–Crippen LogP) is 3.75. The monoisotopic (exact) mass is 392 g/mol. The number of hydrogen-bond donors (Lipinski definition) is 4. The van der Waals surface area contributed by atoms with Gasteiger partial charge >= 0.3 is 0 Å². The van der Waals surface area contributed by atoms with Crippen LogP contribution in [-0.2, 0) is 11.4 Å². The molecule has 3 aromatic rings. The van der Waals surface area contributed by atoms with Gasteiger partial charge < -0.3 is 20.7 Å². The second-order valence-electron chi connectivity index (χ2n) is 7.05. The number of carbonyl (C=O) groups is 1. The van der Waals surface area contributed by atoms with E-state index in [4.69, 9.17) is 0 Å². The maximum Gasteiger partial charge on any atom is 0.256 e. The molecule has 0 unspecified atom stereocenters. The van der Waals surface area contributed by atoms with E-state index in [0.717, 1.165) is 17.1 Å². The van der Waals surface area contributed by atoms with Crippen molar-refractivity contribution in [3.05, 3.63) is 70.3 Å². The first kappa shape index (κ1) is 20.3. The minimum absolute atomic E-state index is 0.0731. The zero-order valence-electron chi connectivity index (χ0n) is 16.6. The molecule has 2 heterocycles. The van der Waals surface area contributed by atoms with E-state index in [1.165, 1.54) is 6.92 Å². The van der Waals surface area contributed by atoms with Gasteiger partial charge in [-0.2, -0.15) is 0 Å². The van der Waals surface area contributed by atoms with Crippen LogP contribution in [0.15, 0.2) is 53.5 Å². The Labute approximate surface area is 168 Å². The number of hydrogen-bond acceptors (Lipinski definition) is 5. The van der Waals surface area contributed by atoms with E-state index in [2.05, 4.69) is 20.6 Å². The van der Waals surface area contributed by atoms with Gasteiger partial charge in [0.25, 0.3) is 5.56 Å². The molecule has 0 aliphatic rings. The number of anilines is 3. The van der Waals surface area contributed by atoms with Gasteiger partial charge in [0.1, 0.15) is 5.82 Å². The highest BCUT2D eigenvalue weighted by molar-refractivity contribution is 5.88. The van der Waals surface area contributed by atoms with E-state index in [-0.39, 0.29) is 24.0 Å². The Kier molecular flexibility index (Phi) is 6.09. The Balaban J connectivity index is 2.08. The second-order valence-corrected chi connectivity index (χ2v) is 7.05. The molecule has 29 heavy (non-hydrogen) atoms. The molecule has 0 radical (unpaired) electrons. The summed E-state index contributed by atoms with van der Waals surface area (Å²) in [5, 5.41) is 15.6. The molecule has 0 bridgehead atoms. The third kappa shape index (κ3) is 4.70. The van der Waals surface area contributed by atoms with Crippen molar-refractivity contribution in [2.45, 2.75) is 33.3 Å². The molecule has 0 saturated carbocycles. The van der Waals surface area contributed by atoms with Crippen LogP contribution in [0.5, 0.6) is 0 Å². The Morgan fingerprint density at radius 3 is 2.62 bits per heavy atom. The van der Waals surface area contributed by atoms with E-state index >= 15 is 0 Å². The fourth-order valence-corrected chi connectivity index (χ4v) is 3.14. The van der Waals surface area contributed by atoms with Crippen LogP contribution in [0.25, 0.3) is 11.1 Å². The molecule has 0 fully saturated rings. The highest BCUT2D eigenvalue weighted by atomic mass is 16.3. The summed E-state index contributed by atoms with van der Waals surface area (Å²) in [6.45, 7) is 5.25. The summed E-state index contributed by atoms with van der Waals surface area (Å²) in [5.41, 5.74) is 3.84. The van der Waals surface area contributed by atoms with E-state index in [1.807, 2.05) is 32.0 Å². The standard InChI is InChI=1S/C22H24N4O3/c1-13(2)21-19(25-16-8-9-23-20(10-16)24-14(3)28)11-18(22(29)26-21)17-7-5-4-6-15(17)12-27/h4-11,13,27H,12H2,1-3H3,(H,26,29)(H2,23,24,25,28). The van der Waals surface area contributed by atoms with Crippen LogP contribution in [0.3, 0.4) is 0 Å². The number of pyridine rings is 2. The van der Waals surface area contributed by atoms with Gasteiger partial charge in [0.2, 0.25) is 5.91 Å². The maximum absolute atomic E-state index is 12.8. The average Bonchev–Trinajstić information content (AvgIpc) is 2.68. The molecular weight excluding hydrogens is 368 g/mol. The minimum atomic E-state index is -0.214. The molecule has 7 nitrogen and oxygen atoms in total. The third-order valence-corrected chi connectivity index (χ3v) is 4.47. The van der Waals surface area contributed by atoms with Crippen molar-refractivity contribution >= 4 is 23.1 Å². The van der Waals surface area contributed by atoms with Gasteiger partial charge in [-0.1, -0.05) is 38.1 Å². The zero-order valence-corrected chi connectivity index (χ0v) is 16.6. The zero-order chi connectivity index (χ0) is 21.0. The van der Waals surface area contributed by atoms with Gasteiger partial charge in [0.05, 0.1) is 12.3 Å². The first-order valence-electron chi connectivity index (χ1n) is 9.36. The van der Waals surface area contributed by atoms with E-state index < -0.39 is 0 Å². The number of aromatic nitrogens is 2. The third-order valence-electron chi connectivity index (χ3n) is 4.47. The summed E-state index contributed by atoms with van der Waals surface area (Å²) in [5.74, 6) is 0.303. The van der Waals surface area contributed by atoms with Crippen molar-refractivity contribution in [1.82, 2.24) is 9.97 Å². The lowest BCUT2D eigenvalue weighted by Gasteiger charge is -2.17. The number of carbonyl (C=O) groups excluding carboxylic acids is 1. The number of H-pyrrole nitrogens is 1. The molecule has 7 heteroatoms. The average molecular weight is 392 g/mol. The molecule has 3 rings (SSSR count).